The lowest BCUT2D eigenvalue weighted by Crippen LogP contribution is -2.26. The molecule has 1 amide bonds. The first-order valence-corrected chi connectivity index (χ1v) is 10.9. The number of carbonyl (C=O) groups excluding carboxylic acids is 1. The smallest absolute Gasteiger partial charge is 0.252 e. The summed E-state index contributed by atoms with van der Waals surface area (Å²) in [5.41, 5.74) is 5.45. The van der Waals surface area contributed by atoms with Crippen LogP contribution in [-0.2, 0) is 6.42 Å². The van der Waals surface area contributed by atoms with E-state index >= 15 is 0 Å². The van der Waals surface area contributed by atoms with Crippen LogP contribution in [0.4, 0.5) is 0 Å². The van der Waals surface area contributed by atoms with Crippen LogP contribution in [0.3, 0.4) is 0 Å². The summed E-state index contributed by atoms with van der Waals surface area (Å²) in [6, 6.07) is 25.5. The molecule has 0 atom stereocenters. The summed E-state index contributed by atoms with van der Waals surface area (Å²) in [5.74, 6) is 0.945. The number of pyridine rings is 1. The van der Waals surface area contributed by atoms with Crippen molar-refractivity contribution >= 4 is 16.8 Å². The largest absolute Gasteiger partial charge is 0.436 e. The highest BCUT2D eigenvalue weighted by molar-refractivity contribution is 6.00. The minimum Gasteiger partial charge on any atom is -0.436 e. The monoisotopic (exact) mass is 433 g/mol. The van der Waals surface area contributed by atoms with Gasteiger partial charge in [-0.15, -0.1) is 0 Å². The van der Waals surface area contributed by atoms with E-state index in [1.807, 2.05) is 79.9 Å². The quantitative estimate of drug-likeness (QED) is 0.365. The van der Waals surface area contributed by atoms with Crippen molar-refractivity contribution in [3.05, 3.63) is 108 Å². The SMILES string of the molecule is Cc1ccc(-c2cnc(-c3ccccc3C(=O)NCCc3ccnc4ccccc34)o2)cc1. The minimum atomic E-state index is -0.154. The van der Waals surface area contributed by atoms with Crippen molar-refractivity contribution in [3.8, 4) is 22.8 Å². The molecule has 5 nitrogen and oxygen atoms in total. The normalized spacial score (nSPS) is 10.9. The number of nitrogens with zero attached hydrogens (tertiary/aromatic N) is 2. The second kappa shape index (κ2) is 9.09. The van der Waals surface area contributed by atoms with Crippen LogP contribution in [0.1, 0.15) is 21.5 Å². The first kappa shape index (κ1) is 20.6. The number of hydrogen-bond donors (Lipinski definition) is 1. The molecule has 0 aliphatic rings. The van der Waals surface area contributed by atoms with E-state index in [9.17, 15) is 4.79 Å². The number of carbonyl (C=O) groups is 1. The van der Waals surface area contributed by atoms with Crippen molar-refractivity contribution in [3.63, 3.8) is 0 Å². The Hall–Kier alpha value is -4.25. The van der Waals surface area contributed by atoms with Gasteiger partial charge in [-0.2, -0.15) is 0 Å². The van der Waals surface area contributed by atoms with Crippen LogP contribution in [0.5, 0.6) is 0 Å². The molecule has 3 aromatic carbocycles. The van der Waals surface area contributed by atoms with E-state index in [-0.39, 0.29) is 5.91 Å². The highest BCUT2D eigenvalue weighted by Gasteiger charge is 2.17. The van der Waals surface area contributed by atoms with E-state index < -0.39 is 0 Å². The number of oxazole rings is 1. The summed E-state index contributed by atoms with van der Waals surface area (Å²) < 4.78 is 6.01. The molecule has 1 N–H and O–H groups in total. The molecular formula is C28H23N3O2. The first-order valence-electron chi connectivity index (χ1n) is 10.9. The van der Waals surface area contributed by atoms with Gasteiger partial charge in [0.1, 0.15) is 0 Å². The van der Waals surface area contributed by atoms with Gasteiger partial charge in [0.2, 0.25) is 5.89 Å². The number of para-hydroxylation sites is 1. The maximum absolute atomic E-state index is 13.0. The molecular weight excluding hydrogens is 410 g/mol. The number of aryl methyl sites for hydroxylation is 1. The van der Waals surface area contributed by atoms with Crippen molar-refractivity contribution in [1.29, 1.82) is 0 Å². The molecule has 33 heavy (non-hydrogen) atoms. The Bertz CT molecular complexity index is 1420. The number of rotatable bonds is 6. The van der Waals surface area contributed by atoms with Gasteiger partial charge in [-0.25, -0.2) is 4.98 Å². The number of aromatic nitrogens is 2. The summed E-state index contributed by atoms with van der Waals surface area (Å²) in [6.45, 7) is 2.56. The second-order valence-electron chi connectivity index (χ2n) is 7.93. The Balaban J connectivity index is 1.32. The van der Waals surface area contributed by atoms with Gasteiger partial charge in [0.15, 0.2) is 5.76 Å². The lowest BCUT2D eigenvalue weighted by molar-refractivity contribution is 0.0954. The third kappa shape index (κ3) is 4.39. The van der Waals surface area contributed by atoms with Crippen LogP contribution in [-0.4, -0.2) is 22.4 Å². The second-order valence-corrected chi connectivity index (χ2v) is 7.93. The van der Waals surface area contributed by atoms with Crippen molar-refractivity contribution in [2.24, 2.45) is 0 Å². The molecule has 5 heteroatoms. The summed E-state index contributed by atoms with van der Waals surface area (Å²) in [4.78, 5) is 21.9. The Morgan fingerprint density at radius 1 is 0.909 bits per heavy atom. The fourth-order valence-corrected chi connectivity index (χ4v) is 3.90. The minimum absolute atomic E-state index is 0.154. The van der Waals surface area contributed by atoms with Crippen LogP contribution < -0.4 is 5.32 Å². The molecule has 0 saturated heterocycles. The molecule has 0 aliphatic heterocycles. The van der Waals surface area contributed by atoms with Crippen molar-refractivity contribution in [2.75, 3.05) is 6.54 Å². The van der Waals surface area contributed by atoms with Crippen LogP contribution >= 0.6 is 0 Å². The Kier molecular flexibility index (Phi) is 5.68. The van der Waals surface area contributed by atoms with E-state index in [1.165, 1.54) is 5.56 Å². The fraction of sp³-hybridized carbons (Fsp3) is 0.107. The van der Waals surface area contributed by atoms with Gasteiger partial charge in [-0.1, -0.05) is 60.2 Å². The summed E-state index contributed by atoms with van der Waals surface area (Å²) in [7, 11) is 0. The molecule has 2 heterocycles. The number of hydrogen-bond acceptors (Lipinski definition) is 4. The van der Waals surface area contributed by atoms with E-state index in [1.54, 1.807) is 12.3 Å². The molecule has 0 fully saturated rings. The maximum atomic E-state index is 13.0. The van der Waals surface area contributed by atoms with Gasteiger partial charge >= 0.3 is 0 Å². The summed E-state index contributed by atoms with van der Waals surface area (Å²) >= 11 is 0. The highest BCUT2D eigenvalue weighted by atomic mass is 16.4. The topological polar surface area (TPSA) is 68.0 Å². The van der Waals surface area contributed by atoms with Crippen LogP contribution in [0.25, 0.3) is 33.7 Å². The predicted octanol–water partition coefficient (Wildman–Crippen LogP) is 5.84. The van der Waals surface area contributed by atoms with Crippen LogP contribution in [0.15, 0.2) is 95.7 Å². The molecule has 0 saturated carbocycles. The summed E-state index contributed by atoms with van der Waals surface area (Å²) in [5, 5.41) is 4.15. The van der Waals surface area contributed by atoms with Gasteiger partial charge in [0.25, 0.3) is 5.91 Å². The fourth-order valence-electron chi connectivity index (χ4n) is 3.90. The molecule has 162 valence electrons. The number of fused-ring (bicyclic) bond motifs is 1. The van der Waals surface area contributed by atoms with E-state index in [2.05, 4.69) is 21.4 Å². The molecule has 2 aromatic heterocycles. The number of amides is 1. The van der Waals surface area contributed by atoms with Gasteiger partial charge in [0, 0.05) is 29.3 Å². The van der Waals surface area contributed by atoms with E-state index in [4.69, 9.17) is 4.42 Å². The highest BCUT2D eigenvalue weighted by Crippen LogP contribution is 2.28. The summed E-state index contributed by atoms with van der Waals surface area (Å²) in [6.07, 6.45) is 4.22. The zero-order valence-corrected chi connectivity index (χ0v) is 18.3. The van der Waals surface area contributed by atoms with Crippen molar-refractivity contribution in [2.45, 2.75) is 13.3 Å². The third-order valence-electron chi connectivity index (χ3n) is 5.66. The van der Waals surface area contributed by atoms with Gasteiger partial charge in [-0.3, -0.25) is 9.78 Å². The lowest BCUT2D eigenvalue weighted by Gasteiger charge is -2.09. The number of benzene rings is 3. The Morgan fingerprint density at radius 3 is 2.58 bits per heavy atom. The zero-order valence-electron chi connectivity index (χ0n) is 18.3. The number of nitrogens with one attached hydrogen (secondary N) is 1. The predicted molar refractivity (Wildman–Crippen MR) is 130 cm³/mol. The van der Waals surface area contributed by atoms with Gasteiger partial charge in [0.05, 0.1) is 17.3 Å². The molecule has 5 aromatic rings. The molecule has 5 rings (SSSR count). The molecule has 0 bridgehead atoms. The molecule has 0 unspecified atom stereocenters. The van der Waals surface area contributed by atoms with Crippen LogP contribution in [0.2, 0.25) is 0 Å². The Morgan fingerprint density at radius 2 is 1.70 bits per heavy atom. The molecule has 0 spiro atoms. The van der Waals surface area contributed by atoms with Crippen LogP contribution in [0, 0.1) is 6.92 Å². The lowest BCUT2D eigenvalue weighted by atomic mass is 10.1. The zero-order chi connectivity index (χ0) is 22.6. The van der Waals surface area contributed by atoms with Gasteiger partial charge < -0.3 is 9.73 Å². The van der Waals surface area contributed by atoms with Gasteiger partial charge in [-0.05, 0) is 43.2 Å². The standard InChI is InChI=1S/C28H23N3O2/c1-19-10-12-21(13-11-19)26-18-31-28(33-26)24-8-3-2-7-23(24)27(32)30-17-15-20-14-16-29-25-9-5-4-6-22(20)25/h2-14,16,18H,15,17H2,1H3,(H,30,32). The third-order valence-corrected chi connectivity index (χ3v) is 5.66. The first-order chi connectivity index (χ1) is 16.2. The van der Waals surface area contributed by atoms with Crippen molar-refractivity contribution < 1.29 is 9.21 Å². The average molecular weight is 434 g/mol. The Labute approximate surface area is 192 Å². The molecule has 0 aliphatic carbocycles. The van der Waals surface area contributed by atoms with Crippen molar-refractivity contribution in [1.82, 2.24) is 15.3 Å². The average Bonchev–Trinajstić information content (AvgIpc) is 3.35. The molecule has 0 radical (unpaired) electrons. The maximum Gasteiger partial charge on any atom is 0.252 e. The van der Waals surface area contributed by atoms with E-state index in [0.717, 1.165) is 22.0 Å². The van der Waals surface area contributed by atoms with E-state index in [0.29, 0.717) is 35.7 Å².